The number of aliphatic hydroxyl groups is 2. The SMILES string of the molecule is CC(C)(O)/C(=C/[Si](C)(C)C)CO. The van der Waals surface area contributed by atoms with E-state index in [0.717, 1.165) is 5.57 Å². The summed E-state index contributed by atoms with van der Waals surface area (Å²) in [4.78, 5) is 0. The van der Waals surface area contributed by atoms with Crippen molar-refractivity contribution in [1.82, 2.24) is 0 Å². The summed E-state index contributed by atoms with van der Waals surface area (Å²) in [6.45, 7) is 9.88. The Morgan fingerprint density at radius 1 is 1.33 bits per heavy atom. The van der Waals surface area contributed by atoms with Crippen molar-refractivity contribution in [2.24, 2.45) is 0 Å². The largest absolute Gasteiger partial charge is 0.392 e. The van der Waals surface area contributed by atoms with Gasteiger partial charge in [0, 0.05) is 0 Å². The quantitative estimate of drug-likeness (QED) is 0.660. The molecule has 0 aromatic heterocycles. The minimum atomic E-state index is -1.33. The highest BCUT2D eigenvalue weighted by Crippen LogP contribution is 2.18. The summed E-state index contributed by atoms with van der Waals surface area (Å²) in [5, 5.41) is 18.7. The topological polar surface area (TPSA) is 40.5 Å². The van der Waals surface area contributed by atoms with Crippen LogP contribution in [0.4, 0.5) is 0 Å². The molecule has 0 aromatic carbocycles. The van der Waals surface area contributed by atoms with E-state index < -0.39 is 13.7 Å². The van der Waals surface area contributed by atoms with Gasteiger partial charge in [-0.1, -0.05) is 25.3 Å². The molecule has 0 atom stereocenters. The van der Waals surface area contributed by atoms with Gasteiger partial charge in [0.05, 0.1) is 20.3 Å². The lowest BCUT2D eigenvalue weighted by Gasteiger charge is -2.23. The standard InChI is InChI=1S/C9H20O2Si/c1-9(2,11)8(6-10)7-12(3,4)5/h7,10-11H,6H2,1-5H3/b8-7+. The second-order valence-electron chi connectivity index (χ2n) is 4.75. The molecule has 0 spiro atoms. The van der Waals surface area contributed by atoms with Gasteiger partial charge in [-0.15, -0.1) is 0 Å². The molecule has 2 N–H and O–H groups in total. The van der Waals surface area contributed by atoms with Crippen LogP contribution in [0.3, 0.4) is 0 Å². The van der Waals surface area contributed by atoms with E-state index in [1.165, 1.54) is 0 Å². The van der Waals surface area contributed by atoms with E-state index in [1.54, 1.807) is 13.8 Å². The van der Waals surface area contributed by atoms with Crippen LogP contribution in [0.2, 0.25) is 19.6 Å². The molecule has 0 aromatic rings. The Morgan fingerprint density at radius 2 is 1.75 bits per heavy atom. The molecule has 0 rings (SSSR count). The third-order valence-corrected chi connectivity index (χ3v) is 2.78. The van der Waals surface area contributed by atoms with Crippen LogP contribution in [-0.4, -0.2) is 30.5 Å². The molecule has 0 aliphatic heterocycles. The summed E-state index contributed by atoms with van der Waals surface area (Å²) in [6.07, 6.45) is 0. The molecule has 0 aliphatic carbocycles. The Labute approximate surface area is 75.9 Å². The predicted molar refractivity (Wildman–Crippen MR) is 54.8 cm³/mol. The molecule has 12 heavy (non-hydrogen) atoms. The molecule has 0 heterocycles. The second-order valence-corrected chi connectivity index (χ2v) is 9.77. The highest BCUT2D eigenvalue weighted by molar-refractivity contribution is 6.81. The number of aliphatic hydroxyl groups excluding tert-OH is 1. The van der Waals surface area contributed by atoms with Gasteiger partial charge in [0.1, 0.15) is 0 Å². The van der Waals surface area contributed by atoms with Crippen molar-refractivity contribution in [3.05, 3.63) is 11.3 Å². The van der Waals surface area contributed by atoms with Gasteiger partial charge in [-0.2, -0.15) is 0 Å². The van der Waals surface area contributed by atoms with Crippen LogP contribution in [0.5, 0.6) is 0 Å². The second kappa shape index (κ2) is 3.73. The smallest absolute Gasteiger partial charge is 0.0819 e. The normalized spacial score (nSPS) is 15.1. The minimum Gasteiger partial charge on any atom is -0.392 e. The van der Waals surface area contributed by atoms with Crippen molar-refractivity contribution < 1.29 is 10.2 Å². The first-order valence-electron chi connectivity index (χ1n) is 4.22. The Bertz CT molecular complexity index is 172. The van der Waals surface area contributed by atoms with Crippen LogP contribution < -0.4 is 0 Å². The molecular formula is C9H20O2Si. The van der Waals surface area contributed by atoms with Crippen molar-refractivity contribution >= 4 is 8.07 Å². The fourth-order valence-electron chi connectivity index (χ4n) is 0.938. The monoisotopic (exact) mass is 188 g/mol. The van der Waals surface area contributed by atoms with E-state index >= 15 is 0 Å². The van der Waals surface area contributed by atoms with Gasteiger partial charge < -0.3 is 10.2 Å². The molecule has 2 nitrogen and oxygen atoms in total. The zero-order valence-corrected chi connectivity index (χ0v) is 9.68. The first kappa shape index (κ1) is 11.9. The van der Waals surface area contributed by atoms with Gasteiger partial charge in [-0.3, -0.25) is 0 Å². The van der Waals surface area contributed by atoms with E-state index in [0.29, 0.717) is 0 Å². The zero-order chi connectivity index (χ0) is 9.99. The van der Waals surface area contributed by atoms with Crippen LogP contribution in [0.15, 0.2) is 11.3 Å². The number of hydrogen-bond donors (Lipinski definition) is 2. The van der Waals surface area contributed by atoms with E-state index in [4.69, 9.17) is 5.11 Å². The summed E-state index contributed by atoms with van der Waals surface area (Å²) in [6, 6.07) is 0. The molecule has 3 heteroatoms. The van der Waals surface area contributed by atoms with Gasteiger partial charge >= 0.3 is 0 Å². The number of hydrogen-bond acceptors (Lipinski definition) is 2. The molecule has 0 fully saturated rings. The third kappa shape index (κ3) is 4.69. The average Bonchev–Trinajstić information content (AvgIpc) is 1.78. The minimum absolute atomic E-state index is 0.0478. The summed E-state index contributed by atoms with van der Waals surface area (Å²) < 4.78 is 0. The third-order valence-electron chi connectivity index (χ3n) is 1.56. The molecule has 72 valence electrons. The van der Waals surface area contributed by atoms with Gasteiger partial charge in [-0.05, 0) is 19.4 Å². The molecule has 0 aliphatic rings. The van der Waals surface area contributed by atoms with E-state index in [1.807, 2.05) is 5.70 Å². The summed E-state index contributed by atoms with van der Waals surface area (Å²) in [7, 11) is -1.33. The Hall–Kier alpha value is -0.123. The van der Waals surface area contributed by atoms with Crippen LogP contribution in [0, 0.1) is 0 Å². The first-order chi connectivity index (χ1) is 5.17. The van der Waals surface area contributed by atoms with E-state index in [2.05, 4.69) is 19.6 Å². The summed E-state index contributed by atoms with van der Waals surface area (Å²) in [5.41, 5.74) is 1.91. The fraction of sp³-hybridized carbons (Fsp3) is 0.778. The maximum Gasteiger partial charge on any atom is 0.0819 e. The highest BCUT2D eigenvalue weighted by Gasteiger charge is 2.21. The molecular weight excluding hydrogens is 168 g/mol. The maximum atomic E-state index is 9.63. The van der Waals surface area contributed by atoms with Crippen LogP contribution in [0.1, 0.15) is 13.8 Å². The van der Waals surface area contributed by atoms with Crippen LogP contribution >= 0.6 is 0 Å². The molecule has 0 saturated carbocycles. The lowest BCUT2D eigenvalue weighted by atomic mass is 10.0. The highest BCUT2D eigenvalue weighted by atomic mass is 28.3. The Kier molecular flexibility index (Phi) is 3.69. The first-order valence-corrected chi connectivity index (χ1v) is 7.80. The zero-order valence-electron chi connectivity index (χ0n) is 8.68. The Balaban J connectivity index is 4.68. The van der Waals surface area contributed by atoms with Gasteiger partial charge in [0.25, 0.3) is 0 Å². The van der Waals surface area contributed by atoms with Crippen molar-refractivity contribution in [3.8, 4) is 0 Å². The Morgan fingerprint density at radius 3 is 1.83 bits per heavy atom. The predicted octanol–water partition coefficient (Wildman–Crippen LogP) is 1.55. The molecule has 0 bridgehead atoms. The van der Waals surface area contributed by atoms with Crippen molar-refractivity contribution in [2.45, 2.75) is 39.1 Å². The van der Waals surface area contributed by atoms with Crippen LogP contribution in [0.25, 0.3) is 0 Å². The molecule has 0 unspecified atom stereocenters. The van der Waals surface area contributed by atoms with E-state index in [9.17, 15) is 5.11 Å². The lowest BCUT2D eigenvalue weighted by Crippen LogP contribution is -2.28. The summed E-state index contributed by atoms with van der Waals surface area (Å²) in [5.74, 6) is 0. The van der Waals surface area contributed by atoms with Crippen LogP contribution in [-0.2, 0) is 0 Å². The maximum absolute atomic E-state index is 9.63. The molecule has 0 saturated heterocycles. The van der Waals surface area contributed by atoms with Gasteiger partial charge in [-0.25, -0.2) is 0 Å². The van der Waals surface area contributed by atoms with E-state index in [-0.39, 0.29) is 6.61 Å². The van der Waals surface area contributed by atoms with Crippen molar-refractivity contribution in [2.75, 3.05) is 6.61 Å². The molecule has 0 amide bonds. The summed E-state index contributed by atoms with van der Waals surface area (Å²) >= 11 is 0. The molecule has 0 radical (unpaired) electrons. The number of rotatable bonds is 3. The van der Waals surface area contributed by atoms with Gasteiger partial charge in [0.2, 0.25) is 0 Å². The van der Waals surface area contributed by atoms with Gasteiger partial charge in [0.15, 0.2) is 0 Å². The fourth-order valence-corrected chi connectivity index (χ4v) is 2.43. The van der Waals surface area contributed by atoms with Crippen molar-refractivity contribution in [1.29, 1.82) is 0 Å². The lowest BCUT2D eigenvalue weighted by molar-refractivity contribution is 0.105. The average molecular weight is 188 g/mol. The van der Waals surface area contributed by atoms with Crippen molar-refractivity contribution in [3.63, 3.8) is 0 Å².